The van der Waals surface area contributed by atoms with Crippen LogP contribution in [-0.4, -0.2) is 41.5 Å². The first-order valence-electron chi connectivity index (χ1n) is 15.3. The van der Waals surface area contributed by atoms with Crippen LogP contribution in [0, 0.1) is 11.3 Å². The van der Waals surface area contributed by atoms with E-state index in [1.165, 1.54) is 16.7 Å². The van der Waals surface area contributed by atoms with Crippen LogP contribution in [0.15, 0.2) is 60.7 Å². The normalized spacial score (nSPS) is 24.3. The van der Waals surface area contributed by atoms with Gasteiger partial charge in [-0.25, -0.2) is 0 Å². The molecule has 3 aromatic rings. The Morgan fingerprint density at radius 3 is 2.46 bits per heavy atom. The Hall–Kier alpha value is -2.89. The van der Waals surface area contributed by atoms with Gasteiger partial charge in [-0.15, -0.1) is 0 Å². The summed E-state index contributed by atoms with van der Waals surface area (Å²) in [5, 5.41) is 25.1. The highest BCUT2D eigenvalue weighted by atomic mass is 16.5. The third-order valence-electron chi connectivity index (χ3n) is 9.48. The number of aliphatic hydroxyl groups excluding tert-OH is 1. The first-order chi connectivity index (χ1) is 19.5. The van der Waals surface area contributed by atoms with Gasteiger partial charge >= 0.3 is 5.97 Å². The van der Waals surface area contributed by atoms with Crippen molar-refractivity contribution in [2.45, 2.75) is 97.1 Å². The summed E-state index contributed by atoms with van der Waals surface area (Å²) in [6, 6.07) is 21.3. The van der Waals surface area contributed by atoms with Gasteiger partial charge in [-0.3, -0.25) is 4.79 Å². The highest BCUT2D eigenvalue weighted by Gasteiger charge is 2.55. The molecule has 0 bridgehead atoms. The van der Waals surface area contributed by atoms with E-state index in [0.29, 0.717) is 25.1 Å². The molecule has 5 heteroatoms. The highest BCUT2D eigenvalue weighted by Crippen LogP contribution is 2.57. The van der Waals surface area contributed by atoms with Crippen molar-refractivity contribution in [1.29, 1.82) is 0 Å². The van der Waals surface area contributed by atoms with Gasteiger partial charge in [0.15, 0.2) is 0 Å². The number of carboxylic acid groups (broad SMARTS) is 1. The van der Waals surface area contributed by atoms with Crippen molar-refractivity contribution in [2.75, 3.05) is 13.2 Å². The zero-order valence-electron chi connectivity index (χ0n) is 25.7. The lowest BCUT2D eigenvalue weighted by Crippen LogP contribution is -2.52. The number of aliphatic carboxylic acids is 1. The molecule has 0 amide bonds. The Kier molecular flexibility index (Phi) is 9.81. The lowest BCUT2D eigenvalue weighted by atomic mass is 9.50. The summed E-state index contributed by atoms with van der Waals surface area (Å²) in [6.07, 6.45) is 4.49. The zero-order valence-corrected chi connectivity index (χ0v) is 25.7. The van der Waals surface area contributed by atoms with E-state index >= 15 is 0 Å². The topological polar surface area (TPSA) is 78.8 Å². The van der Waals surface area contributed by atoms with E-state index in [0.717, 1.165) is 48.6 Å². The fourth-order valence-corrected chi connectivity index (χ4v) is 7.06. The Morgan fingerprint density at radius 1 is 1.02 bits per heavy atom. The second-order valence-corrected chi connectivity index (χ2v) is 13.2. The fourth-order valence-electron chi connectivity index (χ4n) is 7.06. The summed E-state index contributed by atoms with van der Waals surface area (Å²) in [4.78, 5) is 11.9. The number of carboxylic acids is 1. The number of ether oxygens (including phenoxy) is 1. The summed E-state index contributed by atoms with van der Waals surface area (Å²) in [6.45, 7) is 13.7. The van der Waals surface area contributed by atoms with Crippen LogP contribution in [0.5, 0.6) is 5.75 Å². The van der Waals surface area contributed by atoms with Crippen molar-refractivity contribution >= 4 is 16.7 Å². The van der Waals surface area contributed by atoms with E-state index in [9.17, 15) is 15.0 Å². The lowest BCUT2D eigenvalue weighted by molar-refractivity contribution is -0.157. The molecule has 2 aliphatic rings. The molecular formula is C36H49NO4. The number of aryl methyl sites for hydroxylation is 1. The van der Waals surface area contributed by atoms with Crippen LogP contribution in [0.3, 0.4) is 0 Å². The Balaban J connectivity index is 0.000000191. The molecule has 4 atom stereocenters. The van der Waals surface area contributed by atoms with E-state index in [-0.39, 0.29) is 11.3 Å². The van der Waals surface area contributed by atoms with E-state index in [4.69, 9.17) is 4.74 Å². The van der Waals surface area contributed by atoms with Gasteiger partial charge in [-0.1, -0.05) is 95.6 Å². The average Bonchev–Trinajstić information content (AvgIpc) is 2.94. The third kappa shape index (κ3) is 6.79. The Morgan fingerprint density at radius 2 is 1.76 bits per heavy atom. The van der Waals surface area contributed by atoms with Crippen LogP contribution < -0.4 is 10.1 Å². The Bertz CT molecular complexity index is 1330. The van der Waals surface area contributed by atoms with Crippen LogP contribution in [-0.2, 0) is 16.6 Å². The minimum absolute atomic E-state index is 0.0223. The van der Waals surface area contributed by atoms with E-state index < -0.39 is 17.5 Å². The molecule has 1 unspecified atom stereocenters. The standard InChI is InChI=1S/C20H28O2.C16H21NO2/c1-13(2)14-6-8-16-15(12-14)7-9-17-19(16,3)10-5-11-20(17,4)18(21)22;1-12(2)17-10-14(18)11-19-16-9-5-7-13-6-3-4-8-15(13)16/h6,8,12-13,17H,5,7,9-11H2,1-4H3,(H,21,22);3-9,12,14,17-18H,10-11H2,1-2H3/t17?,19-,20-;14-/m10/s1. The van der Waals surface area contributed by atoms with Gasteiger partial charge in [0.25, 0.3) is 0 Å². The van der Waals surface area contributed by atoms with Crippen molar-refractivity contribution in [3.63, 3.8) is 0 Å². The molecule has 0 spiro atoms. The predicted molar refractivity (Wildman–Crippen MR) is 168 cm³/mol. The maximum Gasteiger partial charge on any atom is 0.309 e. The number of aliphatic hydroxyl groups is 1. The first kappa shape index (κ1) is 31.1. The van der Waals surface area contributed by atoms with Crippen LogP contribution in [0.1, 0.15) is 89.8 Å². The molecule has 1 saturated carbocycles. The maximum absolute atomic E-state index is 11.9. The molecule has 5 nitrogen and oxygen atoms in total. The number of benzene rings is 3. The summed E-state index contributed by atoms with van der Waals surface area (Å²) >= 11 is 0. The lowest BCUT2D eigenvalue weighted by Gasteiger charge is -2.53. The monoisotopic (exact) mass is 559 g/mol. The molecular weight excluding hydrogens is 510 g/mol. The minimum atomic E-state index is -0.606. The molecule has 222 valence electrons. The van der Waals surface area contributed by atoms with Crippen molar-refractivity contribution in [3.8, 4) is 5.75 Å². The van der Waals surface area contributed by atoms with Crippen molar-refractivity contribution in [3.05, 3.63) is 77.4 Å². The molecule has 41 heavy (non-hydrogen) atoms. The van der Waals surface area contributed by atoms with Crippen LogP contribution in [0.2, 0.25) is 0 Å². The molecule has 0 heterocycles. The number of fused-ring (bicyclic) bond motifs is 4. The number of hydrogen-bond donors (Lipinski definition) is 3. The number of carbonyl (C=O) groups is 1. The SMILES string of the molecule is CC(C)NC[C@H](O)COc1cccc2ccccc12.CC(C)c1ccc2c(c1)CCC1[C@](C)(C(=O)O)CCC[C@]21C. The molecule has 5 rings (SSSR count). The molecule has 0 saturated heterocycles. The molecule has 1 fully saturated rings. The van der Waals surface area contributed by atoms with Crippen molar-refractivity contribution in [2.24, 2.45) is 11.3 Å². The molecule has 0 aliphatic heterocycles. The second kappa shape index (κ2) is 13.0. The van der Waals surface area contributed by atoms with Crippen molar-refractivity contribution in [1.82, 2.24) is 5.32 Å². The summed E-state index contributed by atoms with van der Waals surface area (Å²) < 4.78 is 5.72. The Labute approximate surface area is 246 Å². The highest BCUT2D eigenvalue weighted by molar-refractivity contribution is 5.88. The second-order valence-electron chi connectivity index (χ2n) is 13.2. The van der Waals surface area contributed by atoms with Crippen LogP contribution in [0.25, 0.3) is 10.8 Å². The zero-order chi connectivity index (χ0) is 29.8. The van der Waals surface area contributed by atoms with E-state index in [2.05, 4.69) is 70.3 Å². The van der Waals surface area contributed by atoms with Gasteiger partial charge in [0, 0.05) is 18.0 Å². The van der Waals surface area contributed by atoms with Crippen molar-refractivity contribution < 1.29 is 19.7 Å². The van der Waals surface area contributed by atoms with Crippen LogP contribution in [0.4, 0.5) is 0 Å². The fraction of sp³-hybridized carbons (Fsp3) is 0.528. The number of hydrogen-bond acceptors (Lipinski definition) is 4. The molecule has 0 aromatic heterocycles. The smallest absolute Gasteiger partial charge is 0.309 e. The van der Waals surface area contributed by atoms with Gasteiger partial charge in [0.05, 0.1) is 5.41 Å². The number of nitrogens with one attached hydrogen (secondary N) is 1. The van der Waals surface area contributed by atoms with Crippen LogP contribution >= 0.6 is 0 Å². The van der Waals surface area contributed by atoms with E-state index in [1.807, 2.05) is 37.3 Å². The molecule has 3 N–H and O–H groups in total. The third-order valence-corrected chi connectivity index (χ3v) is 9.48. The predicted octanol–water partition coefficient (Wildman–Crippen LogP) is 7.48. The van der Waals surface area contributed by atoms with Gasteiger partial charge < -0.3 is 20.3 Å². The summed E-state index contributed by atoms with van der Waals surface area (Å²) in [7, 11) is 0. The minimum Gasteiger partial charge on any atom is -0.490 e. The summed E-state index contributed by atoms with van der Waals surface area (Å²) in [5.41, 5.74) is 3.73. The average molecular weight is 560 g/mol. The molecule has 2 aliphatic carbocycles. The molecule has 0 radical (unpaired) electrons. The van der Waals surface area contributed by atoms with Gasteiger partial charge in [-0.05, 0) is 78.0 Å². The number of rotatable bonds is 8. The first-order valence-corrected chi connectivity index (χ1v) is 15.3. The largest absolute Gasteiger partial charge is 0.490 e. The quantitative estimate of drug-likeness (QED) is 0.267. The summed E-state index contributed by atoms with van der Waals surface area (Å²) in [5.74, 6) is 1.02. The van der Waals surface area contributed by atoms with Gasteiger partial charge in [0.1, 0.15) is 18.5 Å². The molecule has 3 aromatic carbocycles. The van der Waals surface area contributed by atoms with Gasteiger partial charge in [0.2, 0.25) is 0 Å². The maximum atomic E-state index is 11.9. The van der Waals surface area contributed by atoms with E-state index in [1.54, 1.807) is 0 Å². The van der Waals surface area contributed by atoms with Gasteiger partial charge in [-0.2, -0.15) is 0 Å².